The summed E-state index contributed by atoms with van der Waals surface area (Å²) in [7, 11) is 3.00. The first-order valence-corrected chi connectivity index (χ1v) is 10.5. The van der Waals surface area contributed by atoms with Crippen LogP contribution in [0, 0.1) is 6.92 Å². The summed E-state index contributed by atoms with van der Waals surface area (Å²) in [4.78, 5) is 26.3. The van der Waals surface area contributed by atoms with Gasteiger partial charge < -0.3 is 18.6 Å². The SMILES string of the molecule is COc1ccc(-c2oc3cc(C)ccc3c(=O)c2OC(=O)c2ccc(Cl)cc2Cl)cc1OC. The Hall–Kier alpha value is -3.48. The van der Waals surface area contributed by atoms with E-state index in [0.29, 0.717) is 27.7 Å². The van der Waals surface area contributed by atoms with Crippen LogP contribution in [0.2, 0.25) is 10.0 Å². The second kappa shape index (κ2) is 9.17. The number of carbonyl (C=O) groups excluding carboxylic acids is 1. The van der Waals surface area contributed by atoms with Gasteiger partial charge in [-0.05, 0) is 61.0 Å². The number of esters is 1. The first-order valence-electron chi connectivity index (χ1n) is 9.79. The molecule has 0 saturated heterocycles. The first-order chi connectivity index (χ1) is 15.8. The van der Waals surface area contributed by atoms with Gasteiger partial charge in [0.25, 0.3) is 0 Å². The third kappa shape index (κ3) is 4.40. The van der Waals surface area contributed by atoms with Gasteiger partial charge in [-0.25, -0.2) is 4.79 Å². The van der Waals surface area contributed by atoms with Crippen molar-refractivity contribution in [1.29, 1.82) is 0 Å². The smallest absolute Gasteiger partial charge is 0.345 e. The third-order valence-corrected chi connectivity index (χ3v) is 5.55. The van der Waals surface area contributed by atoms with Gasteiger partial charge >= 0.3 is 5.97 Å². The first kappa shape index (κ1) is 22.7. The minimum atomic E-state index is -0.822. The Labute approximate surface area is 199 Å². The molecule has 0 atom stereocenters. The zero-order valence-corrected chi connectivity index (χ0v) is 19.4. The second-order valence-corrected chi connectivity index (χ2v) is 8.02. The summed E-state index contributed by atoms with van der Waals surface area (Å²) in [6.45, 7) is 1.88. The van der Waals surface area contributed by atoms with Crippen molar-refractivity contribution in [3.05, 3.63) is 86.0 Å². The van der Waals surface area contributed by atoms with E-state index < -0.39 is 11.4 Å². The fourth-order valence-electron chi connectivity index (χ4n) is 3.35. The van der Waals surface area contributed by atoms with Crippen molar-refractivity contribution < 1.29 is 23.4 Å². The van der Waals surface area contributed by atoms with E-state index in [4.69, 9.17) is 41.8 Å². The van der Waals surface area contributed by atoms with Crippen LogP contribution in [-0.4, -0.2) is 20.2 Å². The molecule has 0 amide bonds. The second-order valence-electron chi connectivity index (χ2n) is 7.17. The van der Waals surface area contributed by atoms with E-state index in [1.54, 1.807) is 36.4 Å². The van der Waals surface area contributed by atoms with Gasteiger partial charge in [0.2, 0.25) is 11.2 Å². The topological polar surface area (TPSA) is 75.0 Å². The fraction of sp³-hybridized carbons (Fsp3) is 0.120. The van der Waals surface area contributed by atoms with Crippen LogP contribution in [0.15, 0.2) is 63.8 Å². The van der Waals surface area contributed by atoms with Gasteiger partial charge in [-0.2, -0.15) is 0 Å². The van der Waals surface area contributed by atoms with Crippen molar-refractivity contribution in [2.45, 2.75) is 6.92 Å². The van der Waals surface area contributed by atoms with Crippen LogP contribution in [-0.2, 0) is 0 Å². The fourth-order valence-corrected chi connectivity index (χ4v) is 3.83. The molecule has 0 spiro atoms. The van der Waals surface area contributed by atoms with Gasteiger partial charge in [-0.3, -0.25) is 4.79 Å². The molecule has 0 fully saturated rings. The maximum absolute atomic E-state index is 13.4. The number of fused-ring (bicyclic) bond motifs is 1. The van der Waals surface area contributed by atoms with E-state index >= 15 is 0 Å². The molecule has 4 aromatic rings. The normalized spacial score (nSPS) is 10.8. The maximum Gasteiger partial charge on any atom is 0.345 e. The largest absolute Gasteiger partial charge is 0.493 e. The summed E-state index contributed by atoms with van der Waals surface area (Å²) >= 11 is 12.1. The zero-order chi connectivity index (χ0) is 23.7. The average Bonchev–Trinajstić information content (AvgIpc) is 2.80. The predicted molar refractivity (Wildman–Crippen MR) is 127 cm³/mol. The van der Waals surface area contributed by atoms with Crippen LogP contribution >= 0.6 is 23.2 Å². The van der Waals surface area contributed by atoms with Gasteiger partial charge in [0.05, 0.1) is 30.2 Å². The lowest BCUT2D eigenvalue weighted by atomic mass is 10.1. The molecular formula is C25H18Cl2O6. The Morgan fingerprint density at radius 2 is 1.67 bits per heavy atom. The molecule has 33 heavy (non-hydrogen) atoms. The molecule has 0 radical (unpaired) electrons. The molecule has 4 rings (SSSR count). The molecule has 8 heteroatoms. The molecular weight excluding hydrogens is 467 g/mol. The van der Waals surface area contributed by atoms with Crippen LogP contribution in [0.5, 0.6) is 17.2 Å². The number of rotatable bonds is 5. The standard InChI is InChI=1S/C25H18Cl2O6/c1-13-4-7-17-20(10-13)32-23(14-5-9-19(30-2)21(11-14)31-3)24(22(17)28)33-25(29)16-8-6-15(26)12-18(16)27/h4-12H,1-3H3. The molecule has 3 aromatic carbocycles. The van der Waals surface area contributed by atoms with Gasteiger partial charge in [0, 0.05) is 10.6 Å². The summed E-state index contributed by atoms with van der Waals surface area (Å²) < 4.78 is 22.3. The monoisotopic (exact) mass is 484 g/mol. The number of methoxy groups -OCH3 is 2. The van der Waals surface area contributed by atoms with Crippen molar-refractivity contribution >= 4 is 40.1 Å². The van der Waals surface area contributed by atoms with E-state index in [0.717, 1.165) is 5.56 Å². The highest BCUT2D eigenvalue weighted by Gasteiger charge is 2.23. The van der Waals surface area contributed by atoms with Gasteiger partial charge in [-0.1, -0.05) is 29.3 Å². The molecule has 0 aliphatic heterocycles. The van der Waals surface area contributed by atoms with Crippen molar-refractivity contribution in [1.82, 2.24) is 0 Å². The van der Waals surface area contributed by atoms with Crippen molar-refractivity contribution in [3.63, 3.8) is 0 Å². The Bertz CT molecular complexity index is 1440. The molecule has 1 aromatic heterocycles. The average molecular weight is 485 g/mol. The van der Waals surface area contributed by atoms with E-state index in [-0.39, 0.29) is 27.5 Å². The predicted octanol–water partition coefficient (Wildman–Crippen LogP) is 6.31. The molecule has 0 aliphatic carbocycles. The maximum atomic E-state index is 13.4. The molecule has 6 nitrogen and oxygen atoms in total. The Kier molecular flexibility index (Phi) is 6.31. The van der Waals surface area contributed by atoms with Gasteiger partial charge in [0.1, 0.15) is 5.58 Å². The number of halogens is 2. The number of ether oxygens (including phenoxy) is 3. The van der Waals surface area contributed by atoms with Gasteiger partial charge in [0.15, 0.2) is 17.3 Å². The van der Waals surface area contributed by atoms with Crippen LogP contribution in [0.1, 0.15) is 15.9 Å². The summed E-state index contributed by atoms with van der Waals surface area (Å²) in [6, 6.07) is 14.5. The van der Waals surface area contributed by atoms with Crippen molar-refractivity contribution in [3.8, 4) is 28.6 Å². The lowest BCUT2D eigenvalue weighted by Gasteiger charge is -2.13. The molecule has 0 aliphatic rings. The van der Waals surface area contributed by atoms with E-state index in [9.17, 15) is 9.59 Å². The van der Waals surface area contributed by atoms with Crippen LogP contribution in [0.3, 0.4) is 0 Å². The lowest BCUT2D eigenvalue weighted by Crippen LogP contribution is -2.16. The van der Waals surface area contributed by atoms with E-state index in [1.165, 1.54) is 32.4 Å². The highest BCUT2D eigenvalue weighted by Crippen LogP contribution is 2.37. The Morgan fingerprint density at radius 1 is 0.909 bits per heavy atom. The van der Waals surface area contributed by atoms with E-state index in [1.807, 2.05) is 6.92 Å². The van der Waals surface area contributed by atoms with Gasteiger partial charge in [-0.15, -0.1) is 0 Å². The quantitative estimate of drug-likeness (QED) is 0.309. The molecule has 1 heterocycles. The molecule has 0 N–H and O–H groups in total. The van der Waals surface area contributed by atoms with E-state index in [2.05, 4.69) is 0 Å². The third-order valence-electron chi connectivity index (χ3n) is 5.00. The summed E-state index contributed by atoms with van der Waals surface area (Å²) in [6.07, 6.45) is 0. The Balaban J connectivity index is 1.92. The minimum absolute atomic E-state index is 0.0581. The van der Waals surface area contributed by atoms with Crippen molar-refractivity contribution in [2.24, 2.45) is 0 Å². The summed E-state index contributed by atoms with van der Waals surface area (Å²) in [5.74, 6) is -0.115. The van der Waals surface area contributed by atoms with Crippen molar-refractivity contribution in [2.75, 3.05) is 14.2 Å². The highest BCUT2D eigenvalue weighted by molar-refractivity contribution is 6.36. The van der Waals surface area contributed by atoms with Crippen LogP contribution in [0.4, 0.5) is 0 Å². The number of hydrogen-bond acceptors (Lipinski definition) is 6. The van der Waals surface area contributed by atoms with Crippen LogP contribution in [0.25, 0.3) is 22.3 Å². The minimum Gasteiger partial charge on any atom is -0.493 e. The molecule has 0 bridgehead atoms. The molecule has 168 valence electrons. The van der Waals surface area contributed by atoms with Crippen LogP contribution < -0.4 is 19.6 Å². The Morgan fingerprint density at radius 3 is 2.36 bits per heavy atom. The number of aryl methyl sites for hydroxylation is 1. The molecule has 0 unspecified atom stereocenters. The number of hydrogen-bond donors (Lipinski definition) is 0. The highest BCUT2D eigenvalue weighted by atomic mass is 35.5. The summed E-state index contributed by atoms with van der Waals surface area (Å²) in [5.41, 5.74) is 1.27. The number of carbonyl (C=O) groups is 1. The lowest BCUT2D eigenvalue weighted by molar-refractivity contribution is 0.0731. The number of benzene rings is 3. The molecule has 0 saturated carbocycles. The summed E-state index contributed by atoms with van der Waals surface area (Å²) in [5, 5.41) is 0.735. The zero-order valence-electron chi connectivity index (χ0n) is 17.9.